The molecule has 24 heavy (non-hydrogen) atoms. The van der Waals surface area contributed by atoms with Crippen molar-refractivity contribution in [2.45, 2.75) is 0 Å². The highest BCUT2D eigenvalue weighted by molar-refractivity contribution is 6.21. The molecule has 2 heterocycles. The topological polar surface area (TPSA) is 112 Å². The van der Waals surface area contributed by atoms with E-state index in [2.05, 4.69) is 15.6 Å². The lowest BCUT2D eigenvalue weighted by Gasteiger charge is -2.14. The summed E-state index contributed by atoms with van der Waals surface area (Å²) in [4.78, 5) is 41.0. The Morgan fingerprint density at radius 1 is 1.08 bits per heavy atom. The maximum Gasteiger partial charge on any atom is 0.320 e. The van der Waals surface area contributed by atoms with Gasteiger partial charge in [0, 0.05) is 19.3 Å². The fourth-order valence-electron chi connectivity index (χ4n) is 2.37. The zero-order valence-electron chi connectivity index (χ0n) is 12.5. The maximum atomic E-state index is 12.2. The number of pyridine rings is 1. The predicted molar refractivity (Wildman–Crippen MR) is 84.7 cm³/mol. The van der Waals surface area contributed by atoms with Crippen LogP contribution in [0.15, 0.2) is 42.6 Å². The second-order valence-corrected chi connectivity index (χ2v) is 5.06. The van der Waals surface area contributed by atoms with E-state index in [9.17, 15) is 19.5 Å². The molecule has 0 fully saturated rings. The first-order valence-electron chi connectivity index (χ1n) is 7.22. The molecule has 2 aromatic rings. The number of urea groups is 1. The van der Waals surface area contributed by atoms with E-state index in [0.29, 0.717) is 11.1 Å². The number of hydrogen-bond donors (Lipinski definition) is 3. The molecule has 0 atom stereocenters. The van der Waals surface area contributed by atoms with Gasteiger partial charge < -0.3 is 10.4 Å². The number of fused-ring (bicyclic) bond motifs is 1. The molecule has 0 saturated heterocycles. The van der Waals surface area contributed by atoms with Crippen molar-refractivity contribution in [2.24, 2.45) is 0 Å². The van der Waals surface area contributed by atoms with Gasteiger partial charge in [-0.05, 0) is 24.3 Å². The second-order valence-electron chi connectivity index (χ2n) is 5.06. The van der Waals surface area contributed by atoms with Crippen LogP contribution in [0, 0.1) is 0 Å². The first-order valence-corrected chi connectivity index (χ1v) is 7.22. The summed E-state index contributed by atoms with van der Waals surface area (Å²) >= 11 is 0. The summed E-state index contributed by atoms with van der Waals surface area (Å²) in [5, 5.41) is 14.4. The van der Waals surface area contributed by atoms with Crippen molar-refractivity contribution in [1.82, 2.24) is 15.2 Å². The molecule has 3 rings (SSSR count). The highest BCUT2D eigenvalue weighted by Gasteiger charge is 2.34. The van der Waals surface area contributed by atoms with Crippen LogP contribution in [0.1, 0.15) is 20.7 Å². The predicted octanol–water partition coefficient (Wildman–Crippen LogP) is 1.20. The Morgan fingerprint density at radius 3 is 2.38 bits per heavy atom. The van der Waals surface area contributed by atoms with E-state index >= 15 is 0 Å². The molecule has 0 saturated carbocycles. The number of benzene rings is 1. The van der Waals surface area contributed by atoms with Crippen molar-refractivity contribution >= 4 is 23.7 Å². The number of carbonyl (C=O) groups is 3. The molecule has 8 heteroatoms. The summed E-state index contributed by atoms with van der Waals surface area (Å²) in [6.45, 7) is 0.124. The van der Waals surface area contributed by atoms with Gasteiger partial charge in [0.05, 0.1) is 11.1 Å². The van der Waals surface area contributed by atoms with Crippen LogP contribution in [0.4, 0.5) is 10.6 Å². The summed E-state index contributed by atoms with van der Waals surface area (Å²) < 4.78 is 0. The molecule has 1 aromatic heterocycles. The van der Waals surface area contributed by atoms with Crippen molar-refractivity contribution in [3.63, 3.8) is 0 Å². The molecule has 0 radical (unpaired) electrons. The van der Waals surface area contributed by atoms with Crippen molar-refractivity contribution in [1.29, 1.82) is 0 Å². The number of imide groups is 1. The number of hydrogen-bond acceptors (Lipinski definition) is 5. The molecule has 0 aliphatic carbocycles. The Hall–Kier alpha value is -3.42. The normalized spacial score (nSPS) is 12.9. The number of rotatable bonds is 4. The Bertz CT molecular complexity index is 786. The minimum Gasteiger partial charge on any atom is -0.504 e. The molecule has 0 spiro atoms. The van der Waals surface area contributed by atoms with Gasteiger partial charge in [0.15, 0.2) is 11.6 Å². The van der Waals surface area contributed by atoms with Gasteiger partial charge in [0.2, 0.25) is 0 Å². The third-order valence-electron chi connectivity index (χ3n) is 3.52. The van der Waals surface area contributed by atoms with E-state index in [-0.39, 0.29) is 36.5 Å². The van der Waals surface area contributed by atoms with Crippen LogP contribution in [0.2, 0.25) is 0 Å². The molecule has 0 unspecified atom stereocenters. The van der Waals surface area contributed by atoms with Gasteiger partial charge in [-0.15, -0.1) is 0 Å². The average Bonchev–Trinajstić information content (AvgIpc) is 2.82. The fourth-order valence-corrected chi connectivity index (χ4v) is 2.37. The Morgan fingerprint density at radius 2 is 1.75 bits per heavy atom. The van der Waals surface area contributed by atoms with Crippen LogP contribution in [-0.4, -0.2) is 45.9 Å². The number of nitrogens with one attached hydrogen (secondary N) is 2. The maximum absolute atomic E-state index is 12.2. The first-order chi connectivity index (χ1) is 11.6. The van der Waals surface area contributed by atoms with Crippen molar-refractivity contribution in [3.8, 4) is 5.75 Å². The highest BCUT2D eigenvalue weighted by Crippen LogP contribution is 2.21. The Balaban J connectivity index is 1.54. The van der Waals surface area contributed by atoms with Crippen LogP contribution < -0.4 is 10.6 Å². The molecule has 3 N–H and O–H groups in total. The van der Waals surface area contributed by atoms with Crippen molar-refractivity contribution < 1.29 is 19.5 Å². The standard InChI is InChI=1S/C16H14N4O4/c21-12-6-3-7-17-13(12)19-16(24)18-8-9-20-14(22)10-4-1-2-5-11(10)15(20)23/h1-7,21H,8-9H2,(H2,17,18,19,24). The van der Waals surface area contributed by atoms with Gasteiger partial charge in [-0.3, -0.25) is 19.8 Å². The Kier molecular flexibility index (Phi) is 4.11. The van der Waals surface area contributed by atoms with Gasteiger partial charge in [-0.25, -0.2) is 9.78 Å². The molecule has 8 nitrogen and oxygen atoms in total. The number of aromatic nitrogens is 1. The molecule has 4 amide bonds. The quantitative estimate of drug-likeness (QED) is 0.731. The van der Waals surface area contributed by atoms with E-state index in [0.717, 1.165) is 4.90 Å². The molecule has 1 aliphatic heterocycles. The molecule has 1 aromatic carbocycles. The number of carbonyl (C=O) groups excluding carboxylic acids is 3. The van der Waals surface area contributed by atoms with Gasteiger partial charge >= 0.3 is 6.03 Å². The van der Waals surface area contributed by atoms with Crippen molar-refractivity contribution in [2.75, 3.05) is 18.4 Å². The van der Waals surface area contributed by atoms with Crippen LogP contribution in [-0.2, 0) is 0 Å². The molecule has 0 bridgehead atoms. The summed E-state index contributed by atoms with van der Waals surface area (Å²) in [5.74, 6) is -0.885. The van der Waals surface area contributed by atoms with Gasteiger partial charge in [-0.2, -0.15) is 0 Å². The molecular weight excluding hydrogens is 312 g/mol. The summed E-state index contributed by atoms with van der Waals surface area (Å²) in [5.41, 5.74) is 0.732. The van der Waals surface area contributed by atoms with Gasteiger partial charge in [0.25, 0.3) is 11.8 Å². The number of amides is 4. The van der Waals surface area contributed by atoms with Crippen LogP contribution in [0.5, 0.6) is 5.75 Å². The van der Waals surface area contributed by atoms with Crippen molar-refractivity contribution in [3.05, 3.63) is 53.7 Å². The minimum absolute atomic E-state index is 0.0238. The second kappa shape index (κ2) is 6.37. The largest absolute Gasteiger partial charge is 0.504 e. The van der Waals surface area contributed by atoms with E-state index in [1.165, 1.54) is 18.3 Å². The van der Waals surface area contributed by atoms with Crippen LogP contribution >= 0.6 is 0 Å². The monoisotopic (exact) mass is 326 g/mol. The molecule has 1 aliphatic rings. The van der Waals surface area contributed by atoms with E-state index in [1.54, 1.807) is 24.3 Å². The van der Waals surface area contributed by atoms with Crippen LogP contribution in [0.3, 0.4) is 0 Å². The third kappa shape index (κ3) is 2.89. The lowest BCUT2D eigenvalue weighted by Crippen LogP contribution is -2.39. The summed E-state index contributed by atoms with van der Waals surface area (Å²) in [7, 11) is 0. The Labute approximate surface area is 137 Å². The van der Waals surface area contributed by atoms with E-state index < -0.39 is 6.03 Å². The fraction of sp³-hybridized carbons (Fsp3) is 0.125. The first kappa shape index (κ1) is 15.5. The third-order valence-corrected chi connectivity index (χ3v) is 3.52. The number of anilines is 1. The lowest BCUT2D eigenvalue weighted by atomic mass is 10.1. The highest BCUT2D eigenvalue weighted by atomic mass is 16.3. The number of nitrogens with zero attached hydrogens (tertiary/aromatic N) is 2. The lowest BCUT2D eigenvalue weighted by molar-refractivity contribution is 0.0656. The summed E-state index contributed by atoms with van der Waals surface area (Å²) in [6.07, 6.45) is 1.42. The van der Waals surface area contributed by atoms with E-state index in [4.69, 9.17) is 0 Å². The zero-order chi connectivity index (χ0) is 17.1. The van der Waals surface area contributed by atoms with Gasteiger partial charge in [-0.1, -0.05) is 12.1 Å². The SMILES string of the molecule is O=C(NCCN1C(=O)c2ccccc2C1=O)Nc1ncccc1O. The minimum atomic E-state index is -0.597. The number of aromatic hydroxyl groups is 1. The van der Waals surface area contributed by atoms with E-state index in [1.807, 2.05) is 0 Å². The molecular formula is C16H14N4O4. The zero-order valence-corrected chi connectivity index (χ0v) is 12.5. The smallest absolute Gasteiger partial charge is 0.320 e. The average molecular weight is 326 g/mol. The molecule has 122 valence electrons. The van der Waals surface area contributed by atoms with Crippen LogP contribution in [0.25, 0.3) is 0 Å². The summed E-state index contributed by atoms with van der Waals surface area (Å²) in [6, 6.07) is 8.90. The van der Waals surface area contributed by atoms with Gasteiger partial charge in [0.1, 0.15) is 0 Å².